The van der Waals surface area contributed by atoms with Crippen molar-refractivity contribution in [2.75, 3.05) is 11.5 Å². The van der Waals surface area contributed by atoms with E-state index in [0.29, 0.717) is 51.0 Å². The predicted octanol–water partition coefficient (Wildman–Crippen LogP) is 9.57. The molecule has 0 spiro atoms. The molecule has 4 aromatic carbocycles. The van der Waals surface area contributed by atoms with E-state index in [2.05, 4.69) is 23.2 Å². The monoisotopic (exact) mass is 725 g/mol. The number of hydrogen-bond donors (Lipinski definition) is 1. The fourth-order valence-electron chi connectivity index (χ4n) is 5.58. The van der Waals surface area contributed by atoms with E-state index in [4.69, 9.17) is 21.1 Å². The number of amides is 1. The normalized spacial score (nSPS) is 15.4. The highest BCUT2D eigenvalue weighted by Crippen LogP contribution is 2.44. The van der Waals surface area contributed by atoms with Crippen LogP contribution in [-0.2, 0) is 21.9 Å². The number of ether oxygens (including phenoxy) is 2. The van der Waals surface area contributed by atoms with Gasteiger partial charge in [0.05, 0.1) is 18.2 Å². The van der Waals surface area contributed by atoms with Gasteiger partial charge in [0.1, 0.15) is 23.9 Å². The molecule has 50 heavy (non-hydrogen) atoms. The number of thioether (sulfide) groups is 1. The van der Waals surface area contributed by atoms with Gasteiger partial charge in [-0.3, -0.25) is 14.5 Å². The first-order valence-electron chi connectivity index (χ1n) is 16.3. The van der Waals surface area contributed by atoms with Crippen molar-refractivity contribution in [2.24, 2.45) is 0 Å². The van der Waals surface area contributed by atoms with Crippen LogP contribution in [0, 0.1) is 6.92 Å². The van der Waals surface area contributed by atoms with Crippen LogP contribution in [0.25, 0.3) is 5.76 Å². The van der Waals surface area contributed by atoms with Gasteiger partial charge < -0.3 is 14.6 Å². The van der Waals surface area contributed by atoms with E-state index in [-0.39, 0.29) is 16.5 Å². The van der Waals surface area contributed by atoms with Crippen LogP contribution in [0.3, 0.4) is 0 Å². The van der Waals surface area contributed by atoms with Gasteiger partial charge in [0, 0.05) is 16.3 Å². The molecule has 0 bridgehead atoms. The van der Waals surface area contributed by atoms with Gasteiger partial charge >= 0.3 is 5.91 Å². The van der Waals surface area contributed by atoms with E-state index in [9.17, 15) is 14.7 Å². The Hall–Kier alpha value is -4.64. The van der Waals surface area contributed by atoms with E-state index in [1.807, 2.05) is 73.7 Å². The van der Waals surface area contributed by atoms with Crippen LogP contribution in [0.15, 0.2) is 107 Å². The molecule has 1 aliphatic rings. The molecule has 0 saturated carbocycles. The zero-order valence-corrected chi connectivity index (χ0v) is 30.1. The minimum atomic E-state index is -0.948. The number of Topliss-reactive ketones (excluding diaryl/α,β-unsaturated/α-hetero) is 1. The third kappa shape index (κ3) is 8.21. The molecule has 2 heterocycles. The maximum atomic E-state index is 13.7. The summed E-state index contributed by atoms with van der Waals surface area (Å²) < 4.78 is 12.5. The lowest BCUT2D eigenvalue weighted by Gasteiger charge is -2.22. The van der Waals surface area contributed by atoms with Gasteiger partial charge in [0.25, 0.3) is 5.78 Å². The number of hydrogen-bond acceptors (Lipinski definition) is 9. The van der Waals surface area contributed by atoms with Crippen molar-refractivity contribution in [3.05, 3.63) is 135 Å². The lowest BCUT2D eigenvalue weighted by atomic mass is 9.95. The van der Waals surface area contributed by atoms with Gasteiger partial charge in [-0.05, 0) is 72.5 Å². The van der Waals surface area contributed by atoms with E-state index >= 15 is 0 Å². The number of aryl methyl sites for hydroxylation is 1. The fraction of sp³-hybridized carbons (Fsp3) is 0.231. The number of ketones is 1. The van der Waals surface area contributed by atoms with Crippen molar-refractivity contribution in [3.63, 3.8) is 0 Å². The van der Waals surface area contributed by atoms with E-state index in [1.165, 1.54) is 28.0 Å². The van der Waals surface area contributed by atoms with Crippen molar-refractivity contribution in [2.45, 2.75) is 55.9 Å². The van der Waals surface area contributed by atoms with Crippen molar-refractivity contribution >= 4 is 57.3 Å². The number of carbonyl (C=O) groups excluding carboxylic acids is 2. The second-order valence-corrected chi connectivity index (χ2v) is 14.4. The first-order valence-corrected chi connectivity index (χ1v) is 18.5. The highest BCUT2D eigenvalue weighted by Gasteiger charge is 2.48. The molecule has 1 atom stereocenters. The van der Waals surface area contributed by atoms with Gasteiger partial charge in [-0.1, -0.05) is 115 Å². The molecule has 1 aliphatic heterocycles. The number of nitrogens with zero attached hydrogens (tertiary/aromatic N) is 3. The molecule has 1 amide bonds. The third-order valence-corrected chi connectivity index (χ3v) is 10.7. The highest BCUT2D eigenvalue weighted by atomic mass is 35.5. The standard InChI is InChI=1S/C39H36ClN3O5S2/c1-3-4-7-21-47-30-17-13-27(14-18-30)34-33(35(44)28-15-19-31(20-16-28)48-23-26-10-8-9-25(2)22-26)36(45)37(46)43(34)38-41-42-39(50-38)49-24-29-11-5-6-12-32(29)40/h5-6,8-20,22,34,44H,3-4,7,21,23-24H2,1-2H3. The Labute approximate surface area is 304 Å². The summed E-state index contributed by atoms with van der Waals surface area (Å²) >= 11 is 8.98. The molecule has 8 nitrogen and oxygen atoms in total. The summed E-state index contributed by atoms with van der Waals surface area (Å²) in [4.78, 5) is 28.8. The van der Waals surface area contributed by atoms with Crippen molar-refractivity contribution in [1.82, 2.24) is 10.2 Å². The second-order valence-electron chi connectivity index (χ2n) is 11.8. The predicted molar refractivity (Wildman–Crippen MR) is 199 cm³/mol. The summed E-state index contributed by atoms with van der Waals surface area (Å²) in [6, 6.07) is 28.7. The molecule has 0 radical (unpaired) electrons. The molecule has 1 saturated heterocycles. The summed E-state index contributed by atoms with van der Waals surface area (Å²) in [6.45, 7) is 5.14. The van der Waals surface area contributed by atoms with Crippen molar-refractivity contribution < 1.29 is 24.2 Å². The number of aliphatic hydroxyl groups is 1. The van der Waals surface area contributed by atoms with Crippen molar-refractivity contribution in [3.8, 4) is 11.5 Å². The minimum Gasteiger partial charge on any atom is -0.507 e. The molecule has 11 heteroatoms. The minimum absolute atomic E-state index is 0.0412. The van der Waals surface area contributed by atoms with Crippen molar-refractivity contribution in [1.29, 1.82) is 0 Å². The molecule has 0 aliphatic carbocycles. The summed E-state index contributed by atoms with van der Waals surface area (Å²) in [5, 5.41) is 21.2. The lowest BCUT2D eigenvalue weighted by Crippen LogP contribution is -2.29. The Bertz CT molecular complexity index is 2000. The number of aliphatic hydroxyl groups excluding tert-OH is 1. The lowest BCUT2D eigenvalue weighted by molar-refractivity contribution is -0.132. The average molecular weight is 726 g/mol. The van der Waals surface area contributed by atoms with Crippen LogP contribution in [0.1, 0.15) is 60.0 Å². The first kappa shape index (κ1) is 35.2. The van der Waals surface area contributed by atoms with Gasteiger partial charge in [-0.2, -0.15) is 0 Å². The molecule has 256 valence electrons. The average Bonchev–Trinajstić information content (AvgIpc) is 3.70. The third-order valence-electron chi connectivity index (χ3n) is 8.18. The van der Waals surface area contributed by atoms with Crippen LogP contribution in [0.2, 0.25) is 5.02 Å². The highest BCUT2D eigenvalue weighted by molar-refractivity contribution is 8.00. The summed E-state index contributed by atoms with van der Waals surface area (Å²) in [5.41, 5.74) is 4.08. The molecule has 1 aromatic heterocycles. The molecular weight excluding hydrogens is 690 g/mol. The van der Waals surface area contributed by atoms with E-state index in [1.54, 1.807) is 24.3 Å². The van der Waals surface area contributed by atoms with Crippen LogP contribution in [-0.4, -0.2) is 33.6 Å². The molecule has 6 rings (SSSR count). The molecule has 1 fully saturated rings. The number of unbranched alkanes of at least 4 members (excludes halogenated alkanes) is 2. The zero-order chi connectivity index (χ0) is 35.0. The van der Waals surface area contributed by atoms with Crippen LogP contribution >= 0.6 is 34.7 Å². The summed E-state index contributed by atoms with van der Waals surface area (Å²) in [5.74, 6) is -0.0664. The maximum absolute atomic E-state index is 13.7. The number of rotatable bonds is 14. The smallest absolute Gasteiger partial charge is 0.301 e. The number of halogens is 1. The molecule has 1 unspecified atom stereocenters. The number of benzene rings is 4. The quantitative estimate of drug-likeness (QED) is 0.0302. The number of anilines is 1. The van der Waals surface area contributed by atoms with E-state index in [0.717, 1.165) is 36.0 Å². The zero-order valence-electron chi connectivity index (χ0n) is 27.7. The number of carbonyl (C=O) groups is 2. The van der Waals surface area contributed by atoms with Gasteiger partial charge in [0.15, 0.2) is 4.34 Å². The Morgan fingerprint density at radius 1 is 0.920 bits per heavy atom. The molecule has 5 aromatic rings. The second kappa shape index (κ2) is 16.4. The summed E-state index contributed by atoms with van der Waals surface area (Å²) in [6.07, 6.45) is 3.12. The topological polar surface area (TPSA) is 102 Å². The SMILES string of the molecule is CCCCCOc1ccc(C2C(=C(O)c3ccc(OCc4cccc(C)c4)cc3)C(=O)C(=O)N2c2nnc(SCc3ccccc3Cl)s2)cc1. The van der Waals surface area contributed by atoms with Gasteiger partial charge in [-0.15, -0.1) is 10.2 Å². The Balaban J connectivity index is 1.29. The van der Waals surface area contributed by atoms with Crippen LogP contribution in [0.5, 0.6) is 11.5 Å². The Morgan fingerprint density at radius 2 is 1.66 bits per heavy atom. The number of aromatic nitrogens is 2. The maximum Gasteiger partial charge on any atom is 0.301 e. The largest absolute Gasteiger partial charge is 0.507 e. The molecular formula is C39H36ClN3O5S2. The van der Waals surface area contributed by atoms with E-state index < -0.39 is 17.7 Å². The van der Waals surface area contributed by atoms with Gasteiger partial charge in [-0.25, -0.2) is 0 Å². The Morgan fingerprint density at radius 3 is 2.40 bits per heavy atom. The fourth-order valence-corrected chi connectivity index (χ4v) is 7.73. The van der Waals surface area contributed by atoms with Gasteiger partial charge in [0.2, 0.25) is 5.13 Å². The first-order chi connectivity index (χ1) is 24.3. The van der Waals surface area contributed by atoms with Crippen LogP contribution < -0.4 is 14.4 Å². The Kier molecular flexibility index (Phi) is 11.5. The molecule has 1 N–H and O–H groups in total. The van der Waals surface area contributed by atoms with Crippen LogP contribution in [0.4, 0.5) is 5.13 Å². The summed E-state index contributed by atoms with van der Waals surface area (Å²) in [7, 11) is 0.